The minimum absolute atomic E-state index is 0.119. The first-order chi connectivity index (χ1) is 6.32. The molecule has 0 N–H and O–H groups in total. The average molecular weight is 352 g/mol. The number of alkyl halides is 4. The monoisotopic (exact) mass is 350 g/mol. The van der Waals surface area contributed by atoms with Crippen molar-refractivity contribution >= 4 is 43.5 Å². The largest absolute Gasteiger partial charge is 0.405 e. The van der Waals surface area contributed by atoms with Crippen LogP contribution in [0.25, 0.3) is 0 Å². The minimum Gasteiger partial charge on any atom is -0.169 e. The maximum absolute atomic E-state index is 12.3. The second kappa shape index (κ2) is 4.41. The summed E-state index contributed by atoms with van der Waals surface area (Å²) in [6, 6.07) is 4.09. The van der Waals surface area contributed by atoms with Gasteiger partial charge in [-0.1, -0.05) is 33.6 Å². The molecular weight excluding hydrogens is 348 g/mol. The highest BCUT2D eigenvalue weighted by Crippen LogP contribution is 2.41. The summed E-state index contributed by atoms with van der Waals surface area (Å²) < 4.78 is 37.3. The van der Waals surface area contributed by atoms with E-state index in [-0.39, 0.29) is 5.56 Å². The first-order valence-corrected chi connectivity index (χ1v) is 5.57. The van der Waals surface area contributed by atoms with E-state index in [0.29, 0.717) is 9.50 Å². The molecule has 0 nitrogen and oxygen atoms in total. The maximum Gasteiger partial charge on any atom is 0.405 e. The first kappa shape index (κ1) is 12.3. The molecule has 1 aromatic carbocycles. The SMILES string of the molecule is FC(F)(F)C(Br)c1ccc(Cl)c(Br)c1. The number of hydrogen-bond donors (Lipinski definition) is 0. The van der Waals surface area contributed by atoms with Crippen molar-refractivity contribution in [3.05, 3.63) is 33.3 Å². The number of rotatable bonds is 1. The van der Waals surface area contributed by atoms with Gasteiger partial charge >= 0.3 is 6.18 Å². The Morgan fingerprint density at radius 1 is 1.29 bits per heavy atom. The highest BCUT2D eigenvalue weighted by atomic mass is 79.9. The van der Waals surface area contributed by atoms with Crippen molar-refractivity contribution in [3.63, 3.8) is 0 Å². The fourth-order valence-corrected chi connectivity index (χ4v) is 1.66. The third-order valence-corrected chi connectivity index (χ3v) is 3.79. The quantitative estimate of drug-likeness (QED) is 0.617. The zero-order valence-corrected chi connectivity index (χ0v) is 10.5. The summed E-state index contributed by atoms with van der Waals surface area (Å²) in [6.45, 7) is 0. The van der Waals surface area contributed by atoms with E-state index in [0.717, 1.165) is 0 Å². The molecule has 1 unspecified atom stereocenters. The van der Waals surface area contributed by atoms with Crippen LogP contribution in [0.1, 0.15) is 10.4 Å². The number of benzene rings is 1. The fraction of sp³-hybridized carbons (Fsp3) is 0.250. The van der Waals surface area contributed by atoms with Crippen LogP contribution < -0.4 is 0 Å². The molecular formula is C8H4Br2ClF3. The molecule has 0 spiro atoms. The standard InChI is InChI=1S/C8H4Br2ClF3/c9-5-3-4(1-2-6(5)11)7(10)8(12,13)14/h1-3,7H. The van der Waals surface area contributed by atoms with E-state index in [1.165, 1.54) is 18.2 Å². The Morgan fingerprint density at radius 2 is 1.86 bits per heavy atom. The lowest BCUT2D eigenvalue weighted by atomic mass is 10.1. The van der Waals surface area contributed by atoms with Crippen molar-refractivity contribution in [3.8, 4) is 0 Å². The van der Waals surface area contributed by atoms with E-state index in [4.69, 9.17) is 11.6 Å². The average Bonchev–Trinajstić information content (AvgIpc) is 2.07. The molecule has 0 radical (unpaired) electrons. The van der Waals surface area contributed by atoms with Crippen LogP contribution in [-0.2, 0) is 0 Å². The predicted molar refractivity (Wildman–Crippen MR) is 56.9 cm³/mol. The fourth-order valence-electron chi connectivity index (χ4n) is 0.859. The van der Waals surface area contributed by atoms with Gasteiger partial charge in [0.25, 0.3) is 0 Å². The summed E-state index contributed by atoms with van der Waals surface area (Å²) in [6.07, 6.45) is -4.30. The van der Waals surface area contributed by atoms with E-state index >= 15 is 0 Å². The topological polar surface area (TPSA) is 0 Å². The molecule has 0 bridgehead atoms. The van der Waals surface area contributed by atoms with Crippen molar-refractivity contribution in [2.24, 2.45) is 0 Å². The molecule has 0 heterocycles. The highest BCUT2D eigenvalue weighted by molar-refractivity contribution is 9.10. The summed E-state index contributed by atoms with van der Waals surface area (Å²) >= 11 is 11.3. The van der Waals surface area contributed by atoms with Crippen LogP contribution >= 0.6 is 43.5 Å². The molecule has 0 amide bonds. The Kier molecular flexibility index (Phi) is 3.88. The van der Waals surface area contributed by atoms with Crippen LogP contribution in [0, 0.1) is 0 Å². The second-order valence-electron chi connectivity index (χ2n) is 2.58. The first-order valence-electron chi connectivity index (χ1n) is 3.48. The molecule has 0 aromatic heterocycles. The molecule has 14 heavy (non-hydrogen) atoms. The molecule has 0 aliphatic rings. The van der Waals surface area contributed by atoms with Crippen LogP contribution in [0.2, 0.25) is 5.02 Å². The zero-order valence-electron chi connectivity index (χ0n) is 6.58. The van der Waals surface area contributed by atoms with E-state index in [1.54, 1.807) is 0 Å². The van der Waals surface area contributed by atoms with Crippen molar-refractivity contribution in [2.75, 3.05) is 0 Å². The van der Waals surface area contributed by atoms with Crippen molar-refractivity contribution < 1.29 is 13.2 Å². The van der Waals surface area contributed by atoms with Gasteiger partial charge in [0.1, 0.15) is 4.83 Å². The molecule has 0 saturated carbocycles. The summed E-state index contributed by atoms with van der Waals surface area (Å²) in [5, 5.41) is 0.385. The lowest BCUT2D eigenvalue weighted by molar-refractivity contribution is -0.128. The third-order valence-electron chi connectivity index (χ3n) is 1.52. The van der Waals surface area contributed by atoms with E-state index < -0.39 is 11.0 Å². The molecule has 78 valence electrons. The summed E-state index contributed by atoms with van der Waals surface area (Å²) in [5.74, 6) is 0. The zero-order chi connectivity index (χ0) is 10.9. The molecule has 6 heteroatoms. The van der Waals surface area contributed by atoms with Crippen molar-refractivity contribution in [1.29, 1.82) is 0 Å². The van der Waals surface area contributed by atoms with Crippen LogP contribution in [-0.4, -0.2) is 6.18 Å². The summed E-state index contributed by atoms with van der Waals surface area (Å²) in [7, 11) is 0. The number of halogens is 6. The molecule has 0 aliphatic carbocycles. The normalized spacial score (nSPS) is 14.1. The Bertz CT molecular complexity index is 338. The lowest BCUT2D eigenvalue weighted by Crippen LogP contribution is -2.15. The third kappa shape index (κ3) is 2.87. The van der Waals surface area contributed by atoms with Crippen molar-refractivity contribution in [2.45, 2.75) is 11.0 Å². The number of hydrogen-bond acceptors (Lipinski definition) is 0. The predicted octanol–water partition coefficient (Wildman–Crippen LogP) is 5.10. The van der Waals surface area contributed by atoms with Gasteiger partial charge in [0.2, 0.25) is 0 Å². The van der Waals surface area contributed by atoms with Gasteiger partial charge < -0.3 is 0 Å². The van der Waals surface area contributed by atoms with E-state index in [1.807, 2.05) is 0 Å². The summed E-state index contributed by atoms with van der Waals surface area (Å²) in [5.41, 5.74) is 0.119. The molecule has 1 rings (SSSR count). The van der Waals surface area contributed by atoms with E-state index in [9.17, 15) is 13.2 Å². The van der Waals surface area contributed by atoms with Gasteiger partial charge in [0.15, 0.2) is 0 Å². The van der Waals surface area contributed by atoms with Gasteiger partial charge in [-0.2, -0.15) is 13.2 Å². The van der Waals surface area contributed by atoms with Gasteiger partial charge in [-0.3, -0.25) is 0 Å². The van der Waals surface area contributed by atoms with Crippen LogP contribution in [0.4, 0.5) is 13.2 Å². The van der Waals surface area contributed by atoms with Crippen molar-refractivity contribution in [1.82, 2.24) is 0 Å². The second-order valence-corrected chi connectivity index (χ2v) is 4.75. The highest BCUT2D eigenvalue weighted by Gasteiger charge is 2.38. The Morgan fingerprint density at radius 3 is 2.29 bits per heavy atom. The van der Waals surface area contributed by atoms with Gasteiger partial charge in [-0.15, -0.1) is 0 Å². The van der Waals surface area contributed by atoms with Crippen LogP contribution in [0.3, 0.4) is 0 Å². The van der Waals surface area contributed by atoms with Gasteiger partial charge in [-0.25, -0.2) is 0 Å². The lowest BCUT2D eigenvalue weighted by Gasteiger charge is -2.14. The van der Waals surface area contributed by atoms with Gasteiger partial charge in [0, 0.05) is 4.47 Å². The Balaban J connectivity index is 3.03. The molecule has 0 saturated heterocycles. The Labute approximate surface area is 101 Å². The molecule has 0 aliphatic heterocycles. The summed E-state index contributed by atoms with van der Waals surface area (Å²) in [4.78, 5) is -1.66. The smallest absolute Gasteiger partial charge is 0.169 e. The van der Waals surface area contributed by atoms with E-state index in [2.05, 4.69) is 31.9 Å². The molecule has 1 aromatic rings. The maximum atomic E-state index is 12.3. The van der Waals surface area contributed by atoms with Crippen LogP contribution in [0.15, 0.2) is 22.7 Å². The minimum atomic E-state index is -4.30. The Hall–Kier alpha value is 0.260. The van der Waals surface area contributed by atoms with Crippen LogP contribution in [0.5, 0.6) is 0 Å². The molecule has 1 atom stereocenters. The van der Waals surface area contributed by atoms with Gasteiger partial charge in [0.05, 0.1) is 5.02 Å². The molecule has 0 fully saturated rings. The van der Waals surface area contributed by atoms with Gasteiger partial charge in [-0.05, 0) is 33.6 Å².